The van der Waals surface area contributed by atoms with Gasteiger partial charge < -0.3 is 15.8 Å². The molecule has 0 aliphatic carbocycles. The largest absolute Gasteiger partial charge is 0.384 e. The van der Waals surface area contributed by atoms with E-state index < -0.39 is 0 Å². The van der Waals surface area contributed by atoms with E-state index in [1.54, 1.807) is 6.07 Å². The molecule has 0 bridgehead atoms. The zero-order valence-corrected chi connectivity index (χ0v) is 9.20. The van der Waals surface area contributed by atoms with E-state index in [1.165, 1.54) is 0 Å². The van der Waals surface area contributed by atoms with Gasteiger partial charge >= 0.3 is 0 Å². The highest BCUT2D eigenvalue weighted by Crippen LogP contribution is 2.05. The lowest BCUT2D eigenvalue weighted by molar-refractivity contribution is 0.134. The van der Waals surface area contributed by atoms with Crippen molar-refractivity contribution in [2.45, 2.75) is 19.8 Å². The lowest BCUT2D eigenvalue weighted by Crippen LogP contribution is -2.07. The maximum absolute atomic E-state index is 5.55. The number of aromatic nitrogens is 1. The highest BCUT2D eigenvalue weighted by atomic mass is 16.5. The average molecular weight is 209 g/mol. The topological polar surface area (TPSA) is 60.2 Å². The second-order valence-corrected chi connectivity index (χ2v) is 3.34. The number of nitrogen functional groups attached to an aromatic ring is 1. The third-order valence-electron chi connectivity index (χ3n) is 1.89. The van der Waals surface area contributed by atoms with Crippen LogP contribution < -0.4 is 11.1 Å². The van der Waals surface area contributed by atoms with E-state index in [-0.39, 0.29) is 0 Å². The summed E-state index contributed by atoms with van der Waals surface area (Å²) < 4.78 is 5.36. The molecule has 4 nitrogen and oxygen atoms in total. The van der Waals surface area contributed by atoms with Crippen molar-refractivity contribution in [3.63, 3.8) is 0 Å². The molecule has 0 radical (unpaired) electrons. The first kappa shape index (κ1) is 11.8. The van der Waals surface area contributed by atoms with Gasteiger partial charge in [0.1, 0.15) is 11.6 Å². The molecule has 84 valence electrons. The van der Waals surface area contributed by atoms with Crippen molar-refractivity contribution in [2.75, 3.05) is 30.8 Å². The Balaban J connectivity index is 2.10. The minimum absolute atomic E-state index is 0.544. The van der Waals surface area contributed by atoms with Gasteiger partial charge in [0, 0.05) is 19.8 Å². The smallest absolute Gasteiger partial charge is 0.128 e. The highest BCUT2D eigenvalue weighted by molar-refractivity contribution is 5.41. The maximum atomic E-state index is 5.55. The number of rotatable bonds is 7. The summed E-state index contributed by atoms with van der Waals surface area (Å²) in [4.78, 5) is 4.13. The Labute approximate surface area is 90.8 Å². The van der Waals surface area contributed by atoms with Gasteiger partial charge in [0.15, 0.2) is 0 Å². The van der Waals surface area contributed by atoms with Crippen molar-refractivity contribution >= 4 is 11.6 Å². The summed E-state index contributed by atoms with van der Waals surface area (Å²) in [7, 11) is 0. The van der Waals surface area contributed by atoms with E-state index in [0.717, 1.165) is 38.4 Å². The third-order valence-corrected chi connectivity index (χ3v) is 1.89. The molecule has 4 heteroatoms. The number of hydrogen-bond donors (Lipinski definition) is 2. The average Bonchev–Trinajstić information content (AvgIpc) is 2.23. The second-order valence-electron chi connectivity index (χ2n) is 3.34. The van der Waals surface area contributed by atoms with Gasteiger partial charge in [-0.2, -0.15) is 0 Å². The molecule has 15 heavy (non-hydrogen) atoms. The van der Waals surface area contributed by atoms with Crippen LogP contribution >= 0.6 is 0 Å². The quantitative estimate of drug-likeness (QED) is 0.673. The Morgan fingerprint density at radius 3 is 3.00 bits per heavy atom. The van der Waals surface area contributed by atoms with E-state index in [2.05, 4.69) is 17.2 Å². The molecule has 1 rings (SSSR count). The fourth-order valence-corrected chi connectivity index (χ4v) is 1.19. The van der Waals surface area contributed by atoms with Crippen LogP contribution in [0, 0.1) is 0 Å². The molecule has 0 fully saturated rings. The molecular formula is C11H19N3O. The Morgan fingerprint density at radius 2 is 2.27 bits per heavy atom. The standard InChI is InChI=1S/C11H19N3O/c1-2-8-15-9-4-7-13-11-6-3-5-10(12)14-11/h3,5-6H,2,4,7-9H2,1H3,(H3,12,13,14). The summed E-state index contributed by atoms with van der Waals surface area (Å²) in [6.45, 7) is 4.61. The Hall–Kier alpha value is -1.29. The minimum Gasteiger partial charge on any atom is -0.384 e. The molecule has 0 unspecified atom stereocenters. The summed E-state index contributed by atoms with van der Waals surface area (Å²) in [6, 6.07) is 5.57. The van der Waals surface area contributed by atoms with Crippen LogP contribution in [0.25, 0.3) is 0 Å². The van der Waals surface area contributed by atoms with Crippen LogP contribution in [0.15, 0.2) is 18.2 Å². The fourth-order valence-electron chi connectivity index (χ4n) is 1.19. The van der Waals surface area contributed by atoms with Gasteiger partial charge in [0.2, 0.25) is 0 Å². The molecule has 0 amide bonds. The van der Waals surface area contributed by atoms with Crippen LogP contribution in [-0.2, 0) is 4.74 Å². The lowest BCUT2D eigenvalue weighted by atomic mass is 10.4. The summed E-state index contributed by atoms with van der Waals surface area (Å²) >= 11 is 0. The number of nitrogens with one attached hydrogen (secondary N) is 1. The molecule has 1 aromatic rings. The SMILES string of the molecule is CCCOCCCNc1cccc(N)n1. The first-order chi connectivity index (χ1) is 7.33. The Bertz CT molecular complexity index is 278. The van der Waals surface area contributed by atoms with Crippen molar-refractivity contribution in [1.29, 1.82) is 0 Å². The molecule has 0 saturated carbocycles. The molecule has 1 heterocycles. The monoisotopic (exact) mass is 209 g/mol. The fraction of sp³-hybridized carbons (Fsp3) is 0.545. The van der Waals surface area contributed by atoms with Crippen LogP contribution in [0.3, 0.4) is 0 Å². The Kier molecular flexibility index (Phi) is 5.55. The predicted molar refractivity (Wildman–Crippen MR) is 62.9 cm³/mol. The number of pyridine rings is 1. The van der Waals surface area contributed by atoms with Gasteiger partial charge in [-0.1, -0.05) is 13.0 Å². The Morgan fingerprint density at radius 1 is 1.40 bits per heavy atom. The third kappa shape index (κ3) is 5.22. The van der Waals surface area contributed by atoms with Crippen molar-refractivity contribution in [2.24, 2.45) is 0 Å². The minimum atomic E-state index is 0.544. The van der Waals surface area contributed by atoms with Crippen molar-refractivity contribution in [3.05, 3.63) is 18.2 Å². The normalized spacial score (nSPS) is 10.2. The maximum Gasteiger partial charge on any atom is 0.128 e. The van der Waals surface area contributed by atoms with E-state index >= 15 is 0 Å². The van der Waals surface area contributed by atoms with E-state index in [9.17, 15) is 0 Å². The van der Waals surface area contributed by atoms with E-state index in [0.29, 0.717) is 5.82 Å². The first-order valence-corrected chi connectivity index (χ1v) is 5.37. The zero-order valence-electron chi connectivity index (χ0n) is 9.20. The molecule has 0 saturated heterocycles. The van der Waals surface area contributed by atoms with Gasteiger partial charge in [-0.3, -0.25) is 0 Å². The summed E-state index contributed by atoms with van der Waals surface area (Å²) in [5.74, 6) is 1.37. The van der Waals surface area contributed by atoms with E-state index in [4.69, 9.17) is 10.5 Å². The van der Waals surface area contributed by atoms with Gasteiger partial charge in [0.05, 0.1) is 0 Å². The number of ether oxygens (including phenoxy) is 1. The summed E-state index contributed by atoms with van der Waals surface area (Å²) in [5, 5.41) is 3.19. The molecule has 0 spiro atoms. The highest BCUT2D eigenvalue weighted by Gasteiger charge is 1.93. The number of nitrogens with two attached hydrogens (primary N) is 1. The summed E-state index contributed by atoms with van der Waals surface area (Å²) in [6.07, 6.45) is 2.06. The molecular weight excluding hydrogens is 190 g/mol. The van der Waals surface area contributed by atoms with Crippen LogP contribution in [0.5, 0.6) is 0 Å². The van der Waals surface area contributed by atoms with Crippen molar-refractivity contribution < 1.29 is 4.74 Å². The zero-order chi connectivity index (χ0) is 10.9. The van der Waals surface area contributed by atoms with E-state index in [1.807, 2.05) is 12.1 Å². The number of anilines is 2. The number of hydrogen-bond acceptors (Lipinski definition) is 4. The lowest BCUT2D eigenvalue weighted by Gasteiger charge is -2.06. The number of nitrogens with zero attached hydrogens (tertiary/aromatic N) is 1. The molecule has 3 N–H and O–H groups in total. The molecule has 0 aliphatic rings. The predicted octanol–water partition coefficient (Wildman–Crippen LogP) is 1.89. The first-order valence-electron chi connectivity index (χ1n) is 5.37. The van der Waals surface area contributed by atoms with Crippen LogP contribution in [0.4, 0.5) is 11.6 Å². The van der Waals surface area contributed by atoms with Gasteiger partial charge in [0.25, 0.3) is 0 Å². The van der Waals surface area contributed by atoms with Gasteiger partial charge in [-0.15, -0.1) is 0 Å². The van der Waals surface area contributed by atoms with Crippen molar-refractivity contribution in [3.8, 4) is 0 Å². The van der Waals surface area contributed by atoms with Gasteiger partial charge in [-0.25, -0.2) is 4.98 Å². The van der Waals surface area contributed by atoms with Crippen LogP contribution in [0.1, 0.15) is 19.8 Å². The van der Waals surface area contributed by atoms with Crippen molar-refractivity contribution in [1.82, 2.24) is 4.98 Å². The van der Waals surface area contributed by atoms with Crippen LogP contribution in [-0.4, -0.2) is 24.7 Å². The molecule has 1 aromatic heterocycles. The second kappa shape index (κ2) is 7.06. The van der Waals surface area contributed by atoms with Crippen LogP contribution in [0.2, 0.25) is 0 Å². The molecule has 0 aliphatic heterocycles. The van der Waals surface area contributed by atoms with Gasteiger partial charge in [-0.05, 0) is 25.0 Å². The molecule has 0 aromatic carbocycles. The summed E-state index contributed by atoms with van der Waals surface area (Å²) in [5.41, 5.74) is 5.55. The molecule has 0 atom stereocenters.